The lowest BCUT2D eigenvalue weighted by atomic mass is 9.88. The summed E-state index contributed by atoms with van der Waals surface area (Å²) in [6, 6.07) is 14.2. The van der Waals surface area contributed by atoms with Gasteiger partial charge in [0.05, 0.1) is 22.2 Å². The number of hydrogen-bond donors (Lipinski definition) is 2. The van der Waals surface area contributed by atoms with Crippen LogP contribution in [0.2, 0.25) is 5.02 Å². The molecule has 2 N–H and O–H groups in total. The van der Waals surface area contributed by atoms with Gasteiger partial charge in [-0.2, -0.15) is 0 Å². The Labute approximate surface area is 217 Å². The Hall–Kier alpha value is -4.17. The van der Waals surface area contributed by atoms with Gasteiger partial charge >= 0.3 is 5.97 Å². The fourth-order valence-corrected chi connectivity index (χ4v) is 5.56. The predicted octanol–water partition coefficient (Wildman–Crippen LogP) is 4.58. The third-order valence-corrected chi connectivity index (χ3v) is 7.44. The van der Waals surface area contributed by atoms with E-state index >= 15 is 0 Å². The fourth-order valence-electron chi connectivity index (χ4n) is 5.36. The van der Waals surface area contributed by atoms with E-state index in [1.807, 2.05) is 29.3 Å². The van der Waals surface area contributed by atoms with Crippen molar-refractivity contribution < 1.29 is 15.1 Å². The number of nitrogens with zero attached hydrogens (tertiary/aromatic N) is 4. The number of rotatable bonds is 2. The molecule has 9 heteroatoms. The van der Waals surface area contributed by atoms with Gasteiger partial charge in [-0.25, -0.2) is 9.78 Å². The molecule has 0 atom stereocenters. The third-order valence-electron chi connectivity index (χ3n) is 7.21. The number of carboxylic acids is 1. The number of aromatic nitrogens is 3. The van der Waals surface area contributed by atoms with Gasteiger partial charge in [-0.05, 0) is 78.8 Å². The normalized spacial score (nSPS) is 15.3. The van der Waals surface area contributed by atoms with Crippen LogP contribution in [-0.4, -0.2) is 44.1 Å². The quantitative estimate of drug-likeness (QED) is 0.377. The molecule has 0 unspecified atom stereocenters. The van der Waals surface area contributed by atoms with Gasteiger partial charge in [-0.1, -0.05) is 29.3 Å². The molecule has 2 aliphatic rings. The van der Waals surface area contributed by atoms with Crippen molar-refractivity contribution in [2.45, 2.75) is 25.7 Å². The summed E-state index contributed by atoms with van der Waals surface area (Å²) in [5.41, 5.74) is 6.58. The highest BCUT2D eigenvalue weighted by Crippen LogP contribution is 2.38. The molecule has 2 aromatic carbocycles. The standard InChI is InChI=1S/C28H23ClN4O4/c29-20-6-8-21-18(14-20)4-3-17-2-1-11-30-25(17)24(21)16-9-12-32(13-10-16)28-31-23-15-19(27(35)36)5-7-22(23)26(34)33(28)37/h1-2,5-8,11,14-15,37H,3-4,9-10,12-13H2,(H,35,36). The summed E-state index contributed by atoms with van der Waals surface area (Å²) in [5.74, 6) is -0.998. The second-order valence-electron chi connectivity index (χ2n) is 9.34. The van der Waals surface area contributed by atoms with Crippen molar-refractivity contribution in [2.75, 3.05) is 18.0 Å². The zero-order valence-electron chi connectivity index (χ0n) is 19.8. The van der Waals surface area contributed by atoms with Crippen LogP contribution in [0.3, 0.4) is 0 Å². The number of fused-ring (bicyclic) bond motifs is 3. The first-order valence-corrected chi connectivity index (χ1v) is 12.5. The van der Waals surface area contributed by atoms with Gasteiger partial charge in [0.1, 0.15) is 0 Å². The average molecular weight is 515 g/mol. The zero-order valence-corrected chi connectivity index (χ0v) is 20.6. The maximum absolute atomic E-state index is 12.8. The number of aromatic carboxylic acids is 1. The molecule has 1 fully saturated rings. The van der Waals surface area contributed by atoms with Gasteiger partial charge in [-0.15, -0.1) is 4.73 Å². The monoisotopic (exact) mass is 514 g/mol. The van der Waals surface area contributed by atoms with E-state index in [-0.39, 0.29) is 22.4 Å². The van der Waals surface area contributed by atoms with E-state index in [1.54, 1.807) is 0 Å². The van der Waals surface area contributed by atoms with Gasteiger partial charge in [0.2, 0.25) is 5.95 Å². The van der Waals surface area contributed by atoms with Gasteiger partial charge in [0.15, 0.2) is 0 Å². The van der Waals surface area contributed by atoms with E-state index in [0.717, 1.165) is 29.7 Å². The lowest BCUT2D eigenvalue weighted by Crippen LogP contribution is -2.36. The number of carbonyl (C=O) groups is 1. The molecule has 3 heterocycles. The van der Waals surface area contributed by atoms with Crippen molar-refractivity contribution in [1.82, 2.24) is 14.7 Å². The van der Waals surface area contributed by atoms with Gasteiger partial charge in [-0.3, -0.25) is 9.78 Å². The van der Waals surface area contributed by atoms with E-state index in [1.165, 1.54) is 34.9 Å². The summed E-state index contributed by atoms with van der Waals surface area (Å²) < 4.78 is 0.556. The number of aryl methyl sites for hydroxylation is 2. The second-order valence-corrected chi connectivity index (χ2v) is 9.78. The summed E-state index contributed by atoms with van der Waals surface area (Å²) >= 11 is 6.33. The van der Waals surface area contributed by atoms with Gasteiger partial charge in [0, 0.05) is 29.9 Å². The Morgan fingerprint density at radius 1 is 0.973 bits per heavy atom. The zero-order chi connectivity index (χ0) is 25.7. The van der Waals surface area contributed by atoms with Gasteiger partial charge < -0.3 is 15.2 Å². The Balaban J connectivity index is 1.40. The van der Waals surface area contributed by atoms with E-state index in [0.29, 0.717) is 35.7 Å². The predicted molar refractivity (Wildman–Crippen MR) is 141 cm³/mol. The highest BCUT2D eigenvalue weighted by molar-refractivity contribution is 6.30. The van der Waals surface area contributed by atoms with Gasteiger partial charge in [0.25, 0.3) is 5.56 Å². The highest BCUT2D eigenvalue weighted by atomic mass is 35.5. The summed E-state index contributed by atoms with van der Waals surface area (Å²) in [6.07, 6.45) is 4.97. The lowest BCUT2D eigenvalue weighted by Gasteiger charge is -2.31. The Morgan fingerprint density at radius 3 is 2.54 bits per heavy atom. The molecule has 6 rings (SSSR count). The average Bonchev–Trinajstić information content (AvgIpc) is 3.07. The van der Waals surface area contributed by atoms with E-state index in [9.17, 15) is 19.9 Å². The van der Waals surface area contributed by atoms with Crippen LogP contribution in [0.4, 0.5) is 5.95 Å². The molecule has 0 radical (unpaired) electrons. The van der Waals surface area contributed by atoms with Crippen LogP contribution >= 0.6 is 11.6 Å². The van der Waals surface area contributed by atoms with E-state index in [4.69, 9.17) is 16.6 Å². The van der Waals surface area contributed by atoms with Crippen LogP contribution in [0, 0.1) is 0 Å². The van der Waals surface area contributed by atoms with Crippen LogP contribution in [0.25, 0.3) is 16.5 Å². The van der Waals surface area contributed by atoms with Crippen molar-refractivity contribution in [2.24, 2.45) is 0 Å². The van der Waals surface area contributed by atoms with Crippen molar-refractivity contribution >= 4 is 40.0 Å². The van der Waals surface area contributed by atoms with E-state index in [2.05, 4.69) is 17.1 Å². The number of halogens is 1. The number of carboxylic acid groups (broad SMARTS) is 1. The minimum atomic E-state index is -1.11. The maximum Gasteiger partial charge on any atom is 0.335 e. The second kappa shape index (κ2) is 9.05. The van der Waals surface area contributed by atoms with Crippen molar-refractivity contribution in [3.63, 3.8) is 0 Å². The molecular weight excluding hydrogens is 492 g/mol. The third kappa shape index (κ3) is 4.03. The molecule has 1 aliphatic carbocycles. The molecule has 37 heavy (non-hydrogen) atoms. The molecular formula is C28H23ClN4O4. The molecule has 1 aliphatic heterocycles. The summed E-state index contributed by atoms with van der Waals surface area (Å²) in [7, 11) is 0. The molecule has 2 aromatic heterocycles. The lowest BCUT2D eigenvalue weighted by molar-refractivity contribution is 0.0697. The Kier molecular flexibility index (Phi) is 5.68. The summed E-state index contributed by atoms with van der Waals surface area (Å²) in [6.45, 7) is 1.06. The number of anilines is 1. The molecule has 186 valence electrons. The van der Waals surface area contributed by atoms with E-state index < -0.39 is 11.5 Å². The van der Waals surface area contributed by atoms with Crippen LogP contribution in [0.5, 0.6) is 0 Å². The maximum atomic E-state index is 12.8. The topological polar surface area (TPSA) is 109 Å². The Morgan fingerprint density at radius 2 is 1.76 bits per heavy atom. The molecule has 4 aromatic rings. The fraction of sp³-hybridized carbons (Fsp3) is 0.214. The minimum absolute atomic E-state index is 0.0324. The Bertz CT molecular complexity index is 1670. The SMILES string of the molecule is O=C(O)c1ccc2c(=O)n(O)c(N3CCC(=C4c5ccc(Cl)cc5CCc5cccnc54)CC3)nc2c1. The van der Waals surface area contributed by atoms with Crippen LogP contribution in [-0.2, 0) is 12.8 Å². The largest absolute Gasteiger partial charge is 0.478 e. The first kappa shape index (κ1) is 23.2. The van der Waals surface area contributed by atoms with Crippen molar-refractivity contribution in [1.29, 1.82) is 0 Å². The molecule has 8 nitrogen and oxygen atoms in total. The number of benzene rings is 2. The van der Waals surface area contributed by atoms with Crippen molar-refractivity contribution in [3.8, 4) is 0 Å². The minimum Gasteiger partial charge on any atom is -0.478 e. The molecule has 0 spiro atoms. The first-order valence-electron chi connectivity index (χ1n) is 12.1. The number of pyridine rings is 1. The van der Waals surface area contributed by atoms with Crippen LogP contribution in [0.1, 0.15) is 45.6 Å². The summed E-state index contributed by atoms with van der Waals surface area (Å²) in [4.78, 5) is 35.3. The van der Waals surface area contributed by atoms with Crippen LogP contribution < -0.4 is 10.5 Å². The smallest absolute Gasteiger partial charge is 0.335 e. The molecule has 0 saturated carbocycles. The number of hydrogen-bond acceptors (Lipinski definition) is 6. The highest BCUT2D eigenvalue weighted by Gasteiger charge is 2.27. The summed E-state index contributed by atoms with van der Waals surface area (Å²) in [5, 5.41) is 20.8. The van der Waals surface area contributed by atoms with Crippen LogP contribution in [0.15, 0.2) is 65.1 Å². The molecule has 1 saturated heterocycles. The molecule has 0 bridgehead atoms. The first-order chi connectivity index (χ1) is 17.9. The molecule has 0 amide bonds. The number of piperidine rings is 1. The van der Waals surface area contributed by atoms with Crippen molar-refractivity contribution in [3.05, 3.63) is 104 Å².